The summed E-state index contributed by atoms with van der Waals surface area (Å²) in [6.07, 6.45) is 1.81. The molecule has 32 heavy (non-hydrogen) atoms. The zero-order valence-corrected chi connectivity index (χ0v) is 19.0. The van der Waals surface area contributed by atoms with Crippen LogP contribution in [-0.2, 0) is 4.74 Å². The first kappa shape index (κ1) is 21.4. The van der Waals surface area contributed by atoms with E-state index in [1.54, 1.807) is 17.8 Å². The molecule has 1 unspecified atom stereocenters. The summed E-state index contributed by atoms with van der Waals surface area (Å²) in [6.45, 7) is 3.83. The number of imidazole rings is 1. The Kier molecular flexibility index (Phi) is 6.43. The molecular formula is C24H28FN5OS. The number of likely N-dealkylation sites (tertiary alicyclic amines) is 1. The van der Waals surface area contributed by atoms with Crippen molar-refractivity contribution in [3.8, 4) is 0 Å². The summed E-state index contributed by atoms with van der Waals surface area (Å²) in [6, 6.07) is 13.1. The molecule has 0 aliphatic carbocycles. The Hall–Kier alpha value is -2.42. The SMILES string of the molecule is CN1CCC(OC(c2cccc(SCC3=NCCN3)c2)c2nc3ccc(F)cc3[nH]2)CC1. The van der Waals surface area contributed by atoms with Gasteiger partial charge in [0.2, 0.25) is 0 Å². The molecule has 1 aromatic heterocycles. The molecule has 5 rings (SSSR count). The molecule has 3 aromatic rings. The lowest BCUT2D eigenvalue weighted by Gasteiger charge is -2.31. The van der Waals surface area contributed by atoms with Crippen molar-refractivity contribution in [2.45, 2.75) is 29.9 Å². The molecule has 3 heterocycles. The van der Waals surface area contributed by atoms with Crippen molar-refractivity contribution in [3.05, 3.63) is 59.7 Å². The lowest BCUT2D eigenvalue weighted by molar-refractivity contribution is -0.0264. The van der Waals surface area contributed by atoms with Crippen molar-refractivity contribution in [1.29, 1.82) is 0 Å². The number of aliphatic imine (C=N–C) groups is 1. The first-order valence-electron chi connectivity index (χ1n) is 11.1. The number of amidine groups is 1. The van der Waals surface area contributed by atoms with Crippen LogP contribution >= 0.6 is 11.8 Å². The average molecular weight is 454 g/mol. The number of hydrogen-bond acceptors (Lipinski definition) is 6. The molecule has 2 aromatic carbocycles. The normalized spacial score (nSPS) is 18.6. The van der Waals surface area contributed by atoms with Crippen LogP contribution in [0.25, 0.3) is 11.0 Å². The zero-order chi connectivity index (χ0) is 21.9. The van der Waals surface area contributed by atoms with Gasteiger partial charge in [0.05, 0.1) is 29.4 Å². The van der Waals surface area contributed by atoms with Gasteiger partial charge < -0.3 is 19.9 Å². The predicted octanol–water partition coefficient (Wildman–Crippen LogP) is 4.00. The molecule has 1 atom stereocenters. The Morgan fingerprint density at radius 2 is 2.09 bits per heavy atom. The number of nitrogens with zero attached hydrogens (tertiary/aromatic N) is 3. The highest BCUT2D eigenvalue weighted by atomic mass is 32.2. The van der Waals surface area contributed by atoms with Gasteiger partial charge in [-0.2, -0.15) is 0 Å². The van der Waals surface area contributed by atoms with E-state index in [9.17, 15) is 4.39 Å². The number of hydrogen-bond donors (Lipinski definition) is 2. The Morgan fingerprint density at radius 3 is 2.91 bits per heavy atom. The number of halogens is 1. The van der Waals surface area contributed by atoms with Gasteiger partial charge in [-0.05, 0) is 55.8 Å². The molecule has 168 valence electrons. The number of benzene rings is 2. The standard InChI is InChI=1S/C24H28FN5OS/c1-30-11-7-18(8-12-30)31-23(24-28-20-6-5-17(25)14-21(20)29-24)16-3-2-4-19(13-16)32-15-22-26-9-10-27-22/h2-6,13-14,18,23H,7-12,15H2,1H3,(H,26,27)(H,28,29). The van der Waals surface area contributed by atoms with Crippen molar-refractivity contribution < 1.29 is 9.13 Å². The number of aromatic nitrogens is 2. The Labute approximate surface area is 191 Å². The molecule has 2 aliphatic heterocycles. The maximum absolute atomic E-state index is 13.7. The molecule has 0 saturated carbocycles. The number of nitrogens with one attached hydrogen (secondary N) is 2. The van der Waals surface area contributed by atoms with E-state index in [0.29, 0.717) is 11.3 Å². The highest BCUT2D eigenvalue weighted by molar-refractivity contribution is 8.00. The minimum atomic E-state index is -0.332. The van der Waals surface area contributed by atoms with Crippen LogP contribution in [0, 0.1) is 5.82 Å². The fourth-order valence-electron chi connectivity index (χ4n) is 4.20. The number of fused-ring (bicyclic) bond motifs is 1. The second-order valence-electron chi connectivity index (χ2n) is 8.42. The predicted molar refractivity (Wildman–Crippen MR) is 127 cm³/mol. The molecule has 0 radical (unpaired) electrons. The smallest absolute Gasteiger partial charge is 0.141 e. The number of ether oxygens (including phenoxy) is 1. The summed E-state index contributed by atoms with van der Waals surface area (Å²) in [7, 11) is 2.14. The van der Waals surface area contributed by atoms with E-state index in [2.05, 4.69) is 51.5 Å². The van der Waals surface area contributed by atoms with Crippen LogP contribution in [0.3, 0.4) is 0 Å². The second-order valence-corrected chi connectivity index (χ2v) is 9.47. The van der Waals surface area contributed by atoms with Crippen molar-refractivity contribution >= 4 is 28.6 Å². The third-order valence-electron chi connectivity index (χ3n) is 5.98. The second kappa shape index (κ2) is 9.60. The number of rotatable bonds is 7. The minimum absolute atomic E-state index is 0.162. The van der Waals surface area contributed by atoms with Crippen molar-refractivity contribution in [1.82, 2.24) is 20.2 Å². The van der Waals surface area contributed by atoms with Crippen LogP contribution in [0.1, 0.15) is 30.3 Å². The third-order valence-corrected chi connectivity index (χ3v) is 6.99. The first-order chi connectivity index (χ1) is 15.6. The summed E-state index contributed by atoms with van der Waals surface area (Å²) in [5.41, 5.74) is 2.48. The van der Waals surface area contributed by atoms with Gasteiger partial charge in [-0.3, -0.25) is 4.99 Å². The molecule has 6 nitrogen and oxygen atoms in total. The van der Waals surface area contributed by atoms with E-state index in [1.807, 2.05) is 0 Å². The van der Waals surface area contributed by atoms with E-state index < -0.39 is 0 Å². The summed E-state index contributed by atoms with van der Waals surface area (Å²) >= 11 is 1.76. The molecular weight excluding hydrogens is 425 g/mol. The Balaban J connectivity index is 1.42. The molecule has 0 amide bonds. The van der Waals surface area contributed by atoms with Gasteiger partial charge in [0.25, 0.3) is 0 Å². The van der Waals surface area contributed by atoms with Gasteiger partial charge >= 0.3 is 0 Å². The van der Waals surface area contributed by atoms with Gasteiger partial charge in [0.15, 0.2) is 0 Å². The van der Waals surface area contributed by atoms with Gasteiger partial charge in [0.1, 0.15) is 23.6 Å². The fraction of sp³-hybridized carbons (Fsp3) is 0.417. The monoisotopic (exact) mass is 453 g/mol. The molecule has 8 heteroatoms. The number of aromatic amines is 1. The van der Waals surface area contributed by atoms with Crippen LogP contribution in [0.5, 0.6) is 0 Å². The quantitative estimate of drug-likeness (QED) is 0.530. The highest BCUT2D eigenvalue weighted by Crippen LogP contribution is 2.32. The number of H-pyrrole nitrogens is 1. The van der Waals surface area contributed by atoms with E-state index in [0.717, 1.165) is 66.6 Å². The van der Waals surface area contributed by atoms with Gasteiger partial charge in [-0.1, -0.05) is 12.1 Å². The van der Waals surface area contributed by atoms with Crippen LogP contribution < -0.4 is 5.32 Å². The van der Waals surface area contributed by atoms with Gasteiger partial charge in [-0.15, -0.1) is 11.8 Å². The first-order valence-corrected chi connectivity index (χ1v) is 12.1. The van der Waals surface area contributed by atoms with Crippen molar-refractivity contribution in [2.24, 2.45) is 4.99 Å². The molecule has 1 fully saturated rings. The van der Waals surface area contributed by atoms with Crippen LogP contribution in [-0.4, -0.2) is 65.8 Å². The fourth-order valence-corrected chi connectivity index (χ4v) is 5.09. The largest absolute Gasteiger partial charge is 0.371 e. The molecule has 1 saturated heterocycles. The molecule has 2 N–H and O–H groups in total. The van der Waals surface area contributed by atoms with Crippen molar-refractivity contribution in [2.75, 3.05) is 39.0 Å². The number of piperidine rings is 1. The van der Waals surface area contributed by atoms with Crippen LogP contribution in [0.2, 0.25) is 0 Å². The van der Waals surface area contributed by atoms with E-state index in [-0.39, 0.29) is 18.0 Å². The Bertz CT molecular complexity index is 1110. The van der Waals surface area contributed by atoms with E-state index >= 15 is 0 Å². The van der Waals surface area contributed by atoms with Crippen molar-refractivity contribution in [3.63, 3.8) is 0 Å². The van der Waals surface area contributed by atoms with Gasteiger partial charge in [0, 0.05) is 24.5 Å². The number of thioether (sulfide) groups is 1. The summed E-state index contributed by atoms with van der Waals surface area (Å²) < 4.78 is 20.4. The zero-order valence-electron chi connectivity index (χ0n) is 18.2. The highest BCUT2D eigenvalue weighted by Gasteiger charge is 2.26. The summed E-state index contributed by atoms with van der Waals surface area (Å²) in [4.78, 5) is 16.0. The third kappa shape index (κ3) is 4.98. The molecule has 0 spiro atoms. The van der Waals surface area contributed by atoms with Crippen LogP contribution in [0.15, 0.2) is 52.4 Å². The molecule has 2 aliphatic rings. The maximum atomic E-state index is 13.7. The summed E-state index contributed by atoms with van der Waals surface area (Å²) in [5.74, 6) is 2.32. The lowest BCUT2D eigenvalue weighted by atomic mass is 10.1. The topological polar surface area (TPSA) is 65.5 Å². The lowest BCUT2D eigenvalue weighted by Crippen LogP contribution is -2.35. The van der Waals surface area contributed by atoms with Crippen LogP contribution in [0.4, 0.5) is 4.39 Å². The van der Waals surface area contributed by atoms with Gasteiger partial charge in [-0.25, -0.2) is 9.37 Å². The minimum Gasteiger partial charge on any atom is -0.371 e. The molecule has 0 bridgehead atoms. The van der Waals surface area contributed by atoms with E-state index in [1.165, 1.54) is 12.1 Å². The Morgan fingerprint density at radius 1 is 1.22 bits per heavy atom. The summed E-state index contributed by atoms with van der Waals surface area (Å²) in [5, 5.41) is 3.32. The average Bonchev–Trinajstić information content (AvgIpc) is 3.47. The van der Waals surface area contributed by atoms with E-state index in [4.69, 9.17) is 9.72 Å². The maximum Gasteiger partial charge on any atom is 0.141 e.